The fraction of sp³-hybridized carbons (Fsp3) is 0.250. The quantitative estimate of drug-likeness (QED) is 0.854. The number of benzene rings is 1. The molecule has 0 atom stereocenters. The Balaban J connectivity index is 1.70. The van der Waals surface area contributed by atoms with E-state index in [1.54, 1.807) is 10.9 Å². The molecule has 0 amide bonds. The lowest BCUT2D eigenvalue weighted by molar-refractivity contribution is 0.387. The van der Waals surface area contributed by atoms with Crippen LogP contribution in [0.25, 0.3) is 0 Å². The fourth-order valence-corrected chi connectivity index (χ4v) is 2.11. The van der Waals surface area contributed by atoms with Gasteiger partial charge in [0.25, 0.3) is 0 Å². The Labute approximate surface area is 99.2 Å². The third-order valence-corrected chi connectivity index (χ3v) is 3.02. The predicted molar refractivity (Wildman–Crippen MR) is 63.7 cm³/mol. The van der Waals surface area contributed by atoms with Crippen molar-refractivity contribution in [1.82, 2.24) is 19.9 Å². The summed E-state index contributed by atoms with van der Waals surface area (Å²) in [5, 5.41) is 15.8. The van der Waals surface area contributed by atoms with Crippen LogP contribution in [0.2, 0.25) is 0 Å². The second-order valence-electron chi connectivity index (χ2n) is 4.09. The van der Waals surface area contributed by atoms with Gasteiger partial charge in [0.15, 0.2) is 0 Å². The summed E-state index contributed by atoms with van der Waals surface area (Å²) < 4.78 is 1.79. The van der Waals surface area contributed by atoms with Gasteiger partial charge >= 0.3 is 0 Å². The van der Waals surface area contributed by atoms with Gasteiger partial charge in [0.1, 0.15) is 5.84 Å². The highest BCUT2D eigenvalue weighted by Gasteiger charge is 2.22. The number of hydrogen-bond acceptors (Lipinski definition) is 3. The van der Waals surface area contributed by atoms with Crippen molar-refractivity contribution in [2.24, 2.45) is 0 Å². The lowest BCUT2D eigenvalue weighted by Crippen LogP contribution is -2.28. The second-order valence-corrected chi connectivity index (χ2v) is 4.09. The van der Waals surface area contributed by atoms with Gasteiger partial charge < -0.3 is 4.90 Å². The topological polar surface area (TPSA) is 57.8 Å². The van der Waals surface area contributed by atoms with Crippen molar-refractivity contribution in [3.63, 3.8) is 0 Å². The fourth-order valence-electron chi connectivity index (χ4n) is 2.11. The minimum absolute atomic E-state index is 0.612. The molecule has 5 heteroatoms. The Morgan fingerprint density at radius 3 is 2.88 bits per heavy atom. The van der Waals surface area contributed by atoms with Crippen molar-refractivity contribution in [3.05, 3.63) is 47.8 Å². The Bertz CT molecular complexity index is 532. The van der Waals surface area contributed by atoms with E-state index in [2.05, 4.69) is 21.3 Å². The van der Waals surface area contributed by atoms with E-state index in [9.17, 15) is 0 Å². The summed E-state index contributed by atoms with van der Waals surface area (Å²) in [6, 6.07) is 8.09. The molecule has 0 fully saturated rings. The molecular weight excluding hydrogens is 214 g/mol. The zero-order chi connectivity index (χ0) is 11.7. The first kappa shape index (κ1) is 10.0. The molecule has 1 aromatic carbocycles. The summed E-state index contributed by atoms with van der Waals surface area (Å²) in [5.74, 6) is 0.612. The van der Waals surface area contributed by atoms with Crippen LogP contribution in [-0.2, 0) is 13.1 Å². The average molecular weight is 227 g/mol. The molecule has 1 aliphatic rings. The number of amidine groups is 1. The lowest BCUT2D eigenvalue weighted by atomic mass is 10.1. The summed E-state index contributed by atoms with van der Waals surface area (Å²) in [4.78, 5) is 2.06. The van der Waals surface area contributed by atoms with E-state index in [4.69, 9.17) is 5.41 Å². The molecule has 2 aromatic rings. The summed E-state index contributed by atoms with van der Waals surface area (Å²) in [6.45, 7) is 2.37. The Morgan fingerprint density at radius 1 is 1.24 bits per heavy atom. The van der Waals surface area contributed by atoms with Crippen LogP contribution < -0.4 is 0 Å². The van der Waals surface area contributed by atoms with Crippen LogP contribution in [0.1, 0.15) is 11.1 Å². The molecular formula is C12H13N5. The second kappa shape index (κ2) is 4.01. The molecule has 0 bridgehead atoms. The highest BCUT2D eigenvalue weighted by molar-refractivity contribution is 6.00. The van der Waals surface area contributed by atoms with Crippen LogP contribution in [0.15, 0.2) is 36.7 Å². The summed E-state index contributed by atoms with van der Waals surface area (Å²) >= 11 is 0. The lowest BCUT2D eigenvalue weighted by Gasteiger charge is -2.17. The number of fused-ring (bicyclic) bond motifs is 1. The molecule has 0 radical (unpaired) electrons. The molecule has 1 aromatic heterocycles. The molecule has 0 unspecified atom stereocenters. The molecule has 5 nitrogen and oxygen atoms in total. The molecule has 86 valence electrons. The van der Waals surface area contributed by atoms with E-state index in [0.29, 0.717) is 5.84 Å². The normalized spacial score (nSPS) is 14.1. The Morgan fingerprint density at radius 2 is 2.12 bits per heavy atom. The maximum absolute atomic E-state index is 8.10. The summed E-state index contributed by atoms with van der Waals surface area (Å²) in [6.07, 6.45) is 3.51. The van der Waals surface area contributed by atoms with Gasteiger partial charge in [-0.15, -0.1) is 5.10 Å². The standard InChI is InChI=1S/C12H13N5/c13-12-11-4-2-1-3-10(11)9-16(12)7-8-17-6-5-14-15-17/h1-6,13H,7-9H2. The summed E-state index contributed by atoms with van der Waals surface area (Å²) in [7, 11) is 0. The van der Waals surface area contributed by atoms with E-state index in [0.717, 1.165) is 25.2 Å². The van der Waals surface area contributed by atoms with E-state index in [-0.39, 0.29) is 0 Å². The zero-order valence-corrected chi connectivity index (χ0v) is 9.37. The molecule has 1 aliphatic heterocycles. The van der Waals surface area contributed by atoms with E-state index >= 15 is 0 Å². The van der Waals surface area contributed by atoms with Gasteiger partial charge in [-0.2, -0.15) is 0 Å². The van der Waals surface area contributed by atoms with Crippen LogP contribution in [-0.4, -0.2) is 32.3 Å². The van der Waals surface area contributed by atoms with Crippen molar-refractivity contribution in [2.75, 3.05) is 6.54 Å². The number of nitrogens with one attached hydrogen (secondary N) is 1. The predicted octanol–water partition coefficient (Wildman–Crippen LogP) is 1.12. The van der Waals surface area contributed by atoms with Gasteiger partial charge in [-0.1, -0.05) is 29.5 Å². The molecule has 2 heterocycles. The third-order valence-electron chi connectivity index (χ3n) is 3.02. The molecule has 0 aliphatic carbocycles. The molecule has 0 saturated heterocycles. The largest absolute Gasteiger partial charge is 0.350 e. The van der Waals surface area contributed by atoms with Crippen molar-refractivity contribution in [2.45, 2.75) is 13.1 Å². The van der Waals surface area contributed by atoms with Crippen LogP contribution in [0, 0.1) is 5.41 Å². The van der Waals surface area contributed by atoms with Crippen LogP contribution in [0.3, 0.4) is 0 Å². The maximum atomic E-state index is 8.10. The first-order chi connectivity index (χ1) is 8.34. The van der Waals surface area contributed by atoms with Gasteiger partial charge in [-0.25, -0.2) is 0 Å². The van der Waals surface area contributed by atoms with Crippen molar-refractivity contribution in [1.29, 1.82) is 5.41 Å². The van der Waals surface area contributed by atoms with Crippen LogP contribution in [0.4, 0.5) is 0 Å². The highest BCUT2D eigenvalue weighted by Crippen LogP contribution is 2.21. The van der Waals surface area contributed by atoms with Crippen molar-refractivity contribution >= 4 is 5.84 Å². The zero-order valence-electron chi connectivity index (χ0n) is 9.37. The van der Waals surface area contributed by atoms with Gasteiger partial charge in [0, 0.05) is 24.8 Å². The molecule has 1 N–H and O–H groups in total. The van der Waals surface area contributed by atoms with Crippen LogP contribution >= 0.6 is 0 Å². The van der Waals surface area contributed by atoms with E-state index in [1.165, 1.54) is 5.56 Å². The molecule has 0 saturated carbocycles. The van der Waals surface area contributed by atoms with Gasteiger partial charge in [0.05, 0.1) is 12.7 Å². The Hall–Kier alpha value is -2.17. The average Bonchev–Trinajstić information content (AvgIpc) is 2.96. The Kier molecular flexibility index (Phi) is 2.36. The number of rotatable bonds is 3. The van der Waals surface area contributed by atoms with Gasteiger partial charge in [-0.05, 0) is 5.56 Å². The number of nitrogens with zero attached hydrogens (tertiary/aromatic N) is 4. The van der Waals surface area contributed by atoms with Crippen molar-refractivity contribution in [3.8, 4) is 0 Å². The first-order valence-corrected chi connectivity index (χ1v) is 5.60. The number of hydrogen-bond donors (Lipinski definition) is 1. The number of aromatic nitrogens is 3. The minimum Gasteiger partial charge on any atom is -0.350 e. The summed E-state index contributed by atoms with van der Waals surface area (Å²) in [5.41, 5.74) is 2.28. The smallest absolute Gasteiger partial charge is 0.128 e. The highest BCUT2D eigenvalue weighted by atomic mass is 15.4. The SMILES string of the molecule is N=C1c2ccccc2CN1CCn1ccnn1. The molecule has 17 heavy (non-hydrogen) atoms. The third kappa shape index (κ3) is 1.80. The van der Waals surface area contributed by atoms with E-state index < -0.39 is 0 Å². The first-order valence-electron chi connectivity index (χ1n) is 5.60. The van der Waals surface area contributed by atoms with Gasteiger partial charge in [0.2, 0.25) is 0 Å². The molecule has 0 spiro atoms. The van der Waals surface area contributed by atoms with Crippen molar-refractivity contribution < 1.29 is 0 Å². The monoisotopic (exact) mass is 227 g/mol. The minimum atomic E-state index is 0.612. The van der Waals surface area contributed by atoms with Crippen LogP contribution in [0.5, 0.6) is 0 Å². The molecule has 3 rings (SSSR count). The van der Waals surface area contributed by atoms with Gasteiger partial charge in [-0.3, -0.25) is 10.1 Å². The maximum Gasteiger partial charge on any atom is 0.128 e. The van der Waals surface area contributed by atoms with E-state index in [1.807, 2.05) is 24.4 Å².